The number of guanidine groups is 1. The quantitative estimate of drug-likeness (QED) is 0.583. The first-order chi connectivity index (χ1) is 13.3. The molecule has 0 spiro atoms. The Labute approximate surface area is 166 Å². The molecule has 0 aliphatic carbocycles. The normalized spacial score (nSPS) is 15.7. The number of rotatable bonds is 7. The van der Waals surface area contributed by atoms with Crippen LogP contribution in [0.25, 0.3) is 10.6 Å². The van der Waals surface area contributed by atoms with Crippen LogP contribution in [0.4, 0.5) is 0 Å². The minimum atomic E-state index is 0.783. The molecule has 2 aromatic rings. The number of nitrogens with one attached hydrogen (secondary N) is 1. The Bertz CT molecular complexity index is 710. The van der Waals surface area contributed by atoms with E-state index in [0.717, 1.165) is 55.3 Å². The zero-order chi connectivity index (χ0) is 18.9. The highest BCUT2D eigenvalue weighted by atomic mass is 32.1. The van der Waals surface area contributed by atoms with Gasteiger partial charge in [0, 0.05) is 57.8 Å². The standard InChI is InChI=1S/C21H30N4OS/c1-22-21(25(2)13-9-17-10-14-26-15-11-17)23-12-8-19-16-27-20(24-19)18-6-4-3-5-7-18/h3-7,16-17H,8-15H2,1-2H3,(H,22,23). The Balaban J connectivity index is 1.42. The molecule has 0 bridgehead atoms. The van der Waals surface area contributed by atoms with Crippen LogP contribution in [0.1, 0.15) is 25.0 Å². The van der Waals surface area contributed by atoms with Crippen molar-refractivity contribution in [3.8, 4) is 10.6 Å². The molecule has 0 atom stereocenters. The number of hydrogen-bond donors (Lipinski definition) is 1. The summed E-state index contributed by atoms with van der Waals surface area (Å²) in [5.74, 6) is 1.74. The zero-order valence-corrected chi connectivity index (χ0v) is 17.2. The Morgan fingerprint density at radius 2 is 2.07 bits per heavy atom. The lowest BCUT2D eigenvalue weighted by Crippen LogP contribution is -2.40. The van der Waals surface area contributed by atoms with Crippen molar-refractivity contribution >= 4 is 17.3 Å². The first-order valence-corrected chi connectivity index (χ1v) is 10.6. The number of aromatic nitrogens is 1. The summed E-state index contributed by atoms with van der Waals surface area (Å²) < 4.78 is 5.45. The Hall–Kier alpha value is -1.92. The first-order valence-electron chi connectivity index (χ1n) is 9.75. The van der Waals surface area contributed by atoms with Crippen LogP contribution in [0.3, 0.4) is 0 Å². The maximum absolute atomic E-state index is 5.45. The van der Waals surface area contributed by atoms with E-state index in [2.05, 4.69) is 51.9 Å². The molecule has 6 heteroatoms. The van der Waals surface area contributed by atoms with Crippen LogP contribution in [0.5, 0.6) is 0 Å². The lowest BCUT2D eigenvalue weighted by atomic mass is 9.96. The van der Waals surface area contributed by atoms with Crippen molar-refractivity contribution in [1.82, 2.24) is 15.2 Å². The van der Waals surface area contributed by atoms with E-state index < -0.39 is 0 Å². The second-order valence-corrected chi connectivity index (χ2v) is 7.86. The van der Waals surface area contributed by atoms with Gasteiger partial charge in [-0.2, -0.15) is 0 Å². The summed E-state index contributed by atoms with van der Waals surface area (Å²) in [6.07, 6.45) is 4.48. The average molecular weight is 387 g/mol. The smallest absolute Gasteiger partial charge is 0.193 e. The van der Waals surface area contributed by atoms with Crippen molar-refractivity contribution < 1.29 is 4.74 Å². The highest BCUT2D eigenvalue weighted by Gasteiger charge is 2.15. The molecule has 0 amide bonds. The van der Waals surface area contributed by atoms with Gasteiger partial charge in [0.2, 0.25) is 0 Å². The molecule has 1 aliphatic rings. The van der Waals surface area contributed by atoms with E-state index >= 15 is 0 Å². The van der Waals surface area contributed by atoms with Crippen molar-refractivity contribution in [2.45, 2.75) is 25.7 Å². The van der Waals surface area contributed by atoms with Crippen LogP contribution in [0.2, 0.25) is 0 Å². The third-order valence-electron chi connectivity index (χ3n) is 5.02. The number of nitrogens with zero attached hydrogens (tertiary/aromatic N) is 3. The van der Waals surface area contributed by atoms with Crippen LogP contribution in [0, 0.1) is 5.92 Å². The van der Waals surface area contributed by atoms with Crippen molar-refractivity contribution in [2.24, 2.45) is 10.9 Å². The van der Waals surface area contributed by atoms with Crippen LogP contribution >= 0.6 is 11.3 Å². The molecule has 1 aromatic heterocycles. The molecule has 1 saturated heterocycles. The fourth-order valence-corrected chi connectivity index (χ4v) is 4.20. The van der Waals surface area contributed by atoms with Crippen LogP contribution < -0.4 is 5.32 Å². The fourth-order valence-electron chi connectivity index (χ4n) is 3.34. The molecule has 3 rings (SSSR count). The van der Waals surface area contributed by atoms with Crippen molar-refractivity contribution in [1.29, 1.82) is 0 Å². The average Bonchev–Trinajstić information content (AvgIpc) is 3.20. The summed E-state index contributed by atoms with van der Waals surface area (Å²) in [6.45, 7) is 3.70. The van der Waals surface area contributed by atoms with E-state index in [1.54, 1.807) is 11.3 Å². The lowest BCUT2D eigenvalue weighted by Gasteiger charge is -2.26. The predicted octanol–water partition coefficient (Wildman–Crippen LogP) is 3.68. The summed E-state index contributed by atoms with van der Waals surface area (Å²) >= 11 is 1.71. The molecule has 5 nitrogen and oxygen atoms in total. The van der Waals surface area contributed by atoms with Gasteiger partial charge in [0.25, 0.3) is 0 Å². The summed E-state index contributed by atoms with van der Waals surface area (Å²) in [4.78, 5) is 11.4. The second-order valence-electron chi connectivity index (χ2n) is 7.00. The molecule has 27 heavy (non-hydrogen) atoms. The summed E-state index contributed by atoms with van der Waals surface area (Å²) in [5.41, 5.74) is 2.32. The predicted molar refractivity (Wildman–Crippen MR) is 113 cm³/mol. The molecule has 1 fully saturated rings. The highest BCUT2D eigenvalue weighted by molar-refractivity contribution is 7.13. The minimum absolute atomic E-state index is 0.783. The van der Waals surface area contributed by atoms with E-state index in [0.29, 0.717) is 0 Å². The molecule has 1 aliphatic heterocycles. The van der Waals surface area contributed by atoms with E-state index in [1.807, 2.05) is 13.1 Å². The van der Waals surface area contributed by atoms with Crippen molar-refractivity contribution in [2.75, 3.05) is 40.4 Å². The zero-order valence-electron chi connectivity index (χ0n) is 16.4. The van der Waals surface area contributed by atoms with Gasteiger partial charge >= 0.3 is 0 Å². The topological polar surface area (TPSA) is 49.8 Å². The third kappa shape index (κ3) is 6.04. The number of thiazole rings is 1. The van der Waals surface area contributed by atoms with Crippen molar-refractivity contribution in [3.05, 3.63) is 41.4 Å². The lowest BCUT2D eigenvalue weighted by molar-refractivity contribution is 0.0625. The fraction of sp³-hybridized carbons (Fsp3) is 0.524. The van der Waals surface area contributed by atoms with Gasteiger partial charge in [0.1, 0.15) is 5.01 Å². The second kappa shape index (κ2) is 10.4. The summed E-state index contributed by atoms with van der Waals surface area (Å²) in [6, 6.07) is 10.4. The van der Waals surface area contributed by atoms with Gasteiger partial charge in [-0.05, 0) is 25.2 Å². The van der Waals surface area contributed by atoms with Gasteiger partial charge in [-0.3, -0.25) is 4.99 Å². The number of aliphatic imine (C=N–C) groups is 1. The molecule has 1 N–H and O–H groups in total. The van der Waals surface area contributed by atoms with Gasteiger partial charge in [0.15, 0.2) is 5.96 Å². The molecule has 0 saturated carbocycles. The summed E-state index contributed by atoms with van der Waals surface area (Å²) in [7, 11) is 3.97. The molecule has 0 radical (unpaired) electrons. The van der Waals surface area contributed by atoms with Gasteiger partial charge in [-0.15, -0.1) is 11.3 Å². The van der Waals surface area contributed by atoms with E-state index in [-0.39, 0.29) is 0 Å². The number of hydrogen-bond acceptors (Lipinski definition) is 4. The molecular weight excluding hydrogens is 356 g/mol. The number of ether oxygens (including phenoxy) is 1. The molecular formula is C21H30N4OS. The van der Waals surface area contributed by atoms with Crippen molar-refractivity contribution in [3.63, 3.8) is 0 Å². The molecule has 0 unspecified atom stereocenters. The Morgan fingerprint density at radius 1 is 1.30 bits per heavy atom. The summed E-state index contributed by atoms with van der Waals surface area (Å²) in [5, 5.41) is 6.71. The number of benzene rings is 1. The Morgan fingerprint density at radius 3 is 2.81 bits per heavy atom. The van der Waals surface area contributed by atoms with E-state index in [1.165, 1.54) is 24.8 Å². The van der Waals surface area contributed by atoms with Crippen LogP contribution in [0.15, 0.2) is 40.7 Å². The van der Waals surface area contributed by atoms with Crippen LogP contribution in [-0.2, 0) is 11.2 Å². The monoisotopic (exact) mass is 386 g/mol. The van der Waals surface area contributed by atoms with Gasteiger partial charge < -0.3 is 15.0 Å². The Kier molecular flexibility index (Phi) is 7.66. The molecule has 2 heterocycles. The SMILES string of the molecule is CN=C(NCCc1csc(-c2ccccc2)n1)N(C)CCC1CCOCC1. The minimum Gasteiger partial charge on any atom is -0.381 e. The van der Waals surface area contributed by atoms with Gasteiger partial charge in [0.05, 0.1) is 5.69 Å². The highest BCUT2D eigenvalue weighted by Crippen LogP contribution is 2.23. The van der Waals surface area contributed by atoms with Crippen LogP contribution in [-0.4, -0.2) is 56.2 Å². The maximum atomic E-state index is 5.45. The maximum Gasteiger partial charge on any atom is 0.193 e. The van der Waals surface area contributed by atoms with Gasteiger partial charge in [-0.25, -0.2) is 4.98 Å². The van der Waals surface area contributed by atoms with E-state index in [4.69, 9.17) is 9.72 Å². The molecule has 146 valence electrons. The third-order valence-corrected chi connectivity index (χ3v) is 5.96. The molecule has 1 aromatic carbocycles. The largest absolute Gasteiger partial charge is 0.381 e. The van der Waals surface area contributed by atoms with E-state index in [9.17, 15) is 0 Å². The first kappa shape index (κ1) is 19.8. The van der Waals surface area contributed by atoms with Gasteiger partial charge in [-0.1, -0.05) is 30.3 Å².